The van der Waals surface area contributed by atoms with Gasteiger partial charge >= 0.3 is 0 Å². The van der Waals surface area contributed by atoms with Gasteiger partial charge in [-0.25, -0.2) is 0 Å². The van der Waals surface area contributed by atoms with Crippen molar-refractivity contribution in [1.29, 1.82) is 0 Å². The van der Waals surface area contributed by atoms with Crippen molar-refractivity contribution >= 4 is 0 Å². The Labute approximate surface area is 151 Å². The molecular formula is C17H38N2O6. The quantitative estimate of drug-likeness (QED) is 0.171. The number of aliphatic hydroxyl groups excluding tert-OH is 4. The monoisotopic (exact) mass is 366 g/mol. The molecule has 0 aromatic rings. The van der Waals surface area contributed by atoms with Crippen LogP contribution in [0.4, 0.5) is 0 Å². The van der Waals surface area contributed by atoms with E-state index in [1.807, 2.05) is 4.90 Å². The van der Waals surface area contributed by atoms with Gasteiger partial charge in [0, 0.05) is 46.0 Å². The highest BCUT2D eigenvalue weighted by molar-refractivity contribution is 4.64. The minimum atomic E-state index is -0.610. The summed E-state index contributed by atoms with van der Waals surface area (Å²) < 4.78 is 11.0. The molecule has 1 atom stereocenters. The lowest BCUT2D eigenvalue weighted by molar-refractivity contribution is 0.00992. The van der Waals surface area contributed by atoms with Crippen LogP contribution in [0.15, 0.2) is 0 Å². The van der Waals surface area contributed by atoms with Gasteiger partial charge in [-0.1, -0.05) is 0 Å². The van der Waals surface area contributed by atoms with Crippen molar-refractivity contribution < 1.29 is 29.9 Å². The van der Waals surface area contributed by atoms with Crippen LogP contribution in [0.1, 0.15) is 25.7 Å². The van der Waals surface area contributed by atoms with Gasteiger partial charge in [0.2, 0.25) is 0 Å². The minimum Gasteiger partial charge on any atom is -0.395 e. The molecule has 8 heteroatoms. The molecule has 0 aromatic heterocycles. The Bertz CT molecular complexity index is 255. The van der Waals surface area contributed by atoms with Crippen molar-refractivity contribution in [2.75, 3.05) is 79.0 Å². The Hall–Kier alpha value is -0.320. The summed E-state index contributed by atoms with van der Waals surface area (Å²) in [5.74, 6) is 0. The van der Waals surface area contributed by atoms with Crippen LogP contribution in [-0.2, 0) is 9.47 Å². The molecule has 0 saturated carbocycles. The molecule has 8 nitrogen and oxygen atoms in total. The first-order valence-corrected chi connectivity index (χ1v) is 9.33. The Kier molecular flexibility index (Phi) is 19.7. The molecule has 0 fully saturated rings. The van der Waals surface area contributed by atoms with Crippen LogP contribution in [0.3, 0.4) is 0 Å². The van der Waals surface area contributed by atoms with Gasteiger partial charge in [0.05, 0.1) is 32.5 Å². The summed E-state index contributed by atoms with van der Waals surface area (Å²) in [5.41, 5.74) is 0. The van der Waals surface area contributed by atoms with Gasteiger partial charge in [-0.15, -0.1) is 0 Å². The lowest BCUT2D eigenvalue weighted by atomic mass is 10.2. The Morgan fingerprint density at radius 3 is 2.04 bits per heavy atom. The molecular weight excluding hydrogens is 328 g/mol. The number of nitrogens with zero attached hydrogens (tertiary/aromatic N) is 1. The van der Waals surface area contributed by atoms with E-state index in [2.05, 4.69) is 5.32 Å². The third-order valence-corrected chi connectivity index (χ3v) is 3.62. The molecule has 0 saturated heterocycles. The van der Waals surface area contributed by atoms with E-state index >= 15 is 0 Å². The number of unbranched alkanes of at least 4 members (excludes halogenated alkanes) is 2. The number of nitrogens with one attached hydrogen (secondary N) is 1. The standard InChI is InChI=1S/C17H38N2O6/c20-9-6-18-5-4-14-24-12-2-1-3-13-25-16-17(23)15-19(7-10-21)8-11-22/h17-18,20-23H,1-16H2. The maximum absolute atomic E-state index is 9.88. The molecule has 1 unspecified atom stereocenters. The second kappa shape index (κ2) is 20.0. The zero-order valence-corrected chi connectivity index (χ0v) is 15.4. The predicted molar refractivity (Wildman–Crippen MR) is 96.7 cm³/mol. The van der Waals surface area contributed by atoms with Gasteiger partial charge in [-0.2, -0.15) is 0 Å². The van der Waals surface area contributed by atoms with Gasteiger partial charge < -0.3 is 35.2 Å². The first kappa shape index (κ1) is 24.7. The predicted octanol–water partition coefficient (Wildman–Crippen LogP) is -1.19. The molecule has 0 aromatic carbocycles. The summed E-state index contributed by atoms with van der Waals surface area (Å²) >= 11 is 0. The molecule has 152 valence electrons. The molecule has 0 spiro atoms. The Morgan fingerprint density at radius 1 is 0.760 bits per heavy atom. The fraction of sp³-hybridized carbons (Fsp3) is 1.00. The number of rotatable bonds is 20. The van der Waals surface area contributed by atoms with Crippen molar-refractivity contribution in [3.05, 3.63) is 0 Å². The second-order valence-electron chi connectivity index (χ2n) is 5.98. The Balaban J connectivity index is 3.31. The van der Waals surface area contributed by atoms with Crippen LogP contribution < -0.4 is 5.32 Å². The van der Waals surface area contributed by atoms with Crippen molar-refractivity contribution in [3.63, 3.8) is 0 Å². The van der Waals surface area contributed by atoms with E-state index in [-0.39, 0.29) is 26.4 Å². The summed E-state index contributed by atoms with van der Waals surface area (Å²) in [5, 5.41) is 39.4. The largest absolute Gasteiger partial charge is 0.395 e. The lowest BCUT2D eigenvalue weighted by Crippen LogP contribution is -2.38. The summed E-state index contributed by atoms with van der Waals surface area (Å²) in [6.45, 7) is 5.33. The summed E-state index contributed by atoms with van der Waals surface area (Å²) in [4.78, 5) is 1.81. The van der Waals surface area contributed by atoms with Gasteiger partial charge in [-0.3, -0.25) is 4.90 Å². The first-order valence-electron chi connectivity index (χ1n) is 9.33. The van der Waals surface area contributed by atoms with Gasteiger partial charge in [0.25, 0.3) is 0 Å². The zero-order chi connectivity index (χ0) is 18.6. The van der Waals surface area contributed by atoms with Crippen molar-refractivity contribution in [2.45, 2.75) is 31.8 Å². The Morgan fingerprint density at radius 2 is 1.40 bits per heavy atom. The normalized spacial score (nSPS) is 12.8. The molecule has 25 heavy (non-hydrogen) atoms. The van der Waals surface area contributed by atoms with Gasteiger partial charge in [-0.05, 0) is 32.2 Å². The lowest BCUT2D eigenvalue weighted by Gasteiger charge is -2.23. The maximum Gasteiger partial charge on any atom is 0.0900 e. The highest BCUT2D eigenvalue weighted by atomic mass is 16.5. The maximum atomic E-state index is 9.88. The van der Waals surface area contributed by atoms with Crippen molar-refractivity contribution in [3.8, 4) is 0 Å². The molecule has 5 N–H and O–H groups in total. The van der Waals surface area contributed by atoms with E-state index in [0.717, 1.165) is 45.4 Å². The molecule has 0 rings (SSSR count). The fourth-order valence-corrected chi connectivity index (χ4v) is 2.34. The van der Waals surface area contributed by atoms with Crippen LogP contribution in [-0.4, -0.2) is 110 Å². The van der Waals surface area contributed by atoms with Crippen LogP contribution in [0.2, 0.25) is 0 Å². The van der Waals surface area contributed by atoms with Crippen LogP contribution >= 0.6 is 0 Å². The first-order chi connectivity index (χ1) is 12.2. The van der Waals surface area contributed by atoms with E-state index in [9.17, 15) is 5.11 Å². The molecule has 0 aliphatic carbocycles. The summed E-state index contributed by atoms with van der Waals surface area (Å²) in [6.07, 6.45) is 3.30. The van der Waals surface area contributed by atoms with E-state index in [0.29, 0.717) is 32.8 Å². The van der Waals surface area contributed by atoms with Crippen LogP contribution in [0, 0.1) is 0 Å². The smallest absolute Gasteiger partial charge is 0.0900 e. The van der Waals surface area contributed by atoms with Crippen LogP contribution in [0.25, 0.3) is 0 Å². The number of ether oxygens (including phenoxy) is 2. The zero-order valence-electron chi connectivity index (χ0n) is 15.4. The molecule has 0 heterocycles. The summed E-state index contributed by atoms with van der Waals surface area (Å²) in [7, 11) is 0. The van der Waals surface area contributed by atoms with Gasteiger partial charge in [0.1, 0.15) is 0 Å². The average Bonchev–Trinajstić information content (AvgIpc) is 2.59. The third kappa shape index (κ3) is 18.3. The van der Waals surface area contributed by atoms with E-state index in [1.165, 1.54) is 0 Å². The average molecular weight is 366 g/mol. The topological polar surface area (TPSA) is 115 Å². The van der Waals surface area contributed by atoms with Crippen molar-refractivity contribution in [2.24, 2.45) is 0 Å². The molecule has 0 radical (unpaired) electrons. The highest BCUT2D eigenvalue weighted by Crippen LogP contribution is 1.99. The van der Waals surface area contributed by atoms with E-state index in [4.69, 9.17) is 24.8 Å². The minimum absolute atomic E-state index is 0.00875. The van der Waals surface area contributed by atoms with Crippen molar-refractivity contribution in [1.82, 2.24) is 10.2 Å². The fourth-order valence-electron chi connectivity index (χ4n) is 2.34. The molecule has 0 amide bonds. The number of aliphatic hydroxyl groups is 4. The SMILES string of the molecule is OCCNCCCOCCCCCOCC(O)CN(CCO)CCO. The third-order valence-electron chi connectivity index (χ3n) is 3.62. The molecule has 0 aliphatic rings. The van der Waals surface area contributed by atoms with E-state index < -0.39 is 6.10 Å². The highest BCUT2D eigenvalue weighted by Gasteiger charge is 2.11. The number of hydrogen-bond acceptors (Lipinski definition) is 8. The molecule has 0 aliphatic heterocycles. The van der Waals surface area contributed by atoms with Crippen LogP contribution in [0.5, 0.6) is 0 Å². The van der Waals surface area contributed by atoms with E-state index in [1.54, 1.807) is 0 Å². The van der Waals surface area contributed by atoms with Gasteiger partial charge in [0.15, 0.2) is 0 Å². The second-order valence-corrected chi connectivity index (χ2v) is 5.98. The number of hydrogen-bond donors (Lipinski definition) is 5. The molecule has 0 bridgehead atoms. The summed E-state index contributed by atoms with van der Waals surface area (Å²) in [6, 6.07) is 0.